The highest BCUT2D eigenvalue weighted by Gasteiger charge is 2.09. The molecule has 0 aliphatic heterocycles. The third kappa shape index (κ3) is 2.73. The summed E-state index contributed by atoms with van der Waals surface area (Å²) in [5.74, 6) is -0.910. The maximum Gasteiger partial charge on any atom is 0.220 e. The van der Waals surface area contributed by atoms with E-state index < -0.39 is 17.0 Å². The number of carbonyl (C=O) groups excluding carboxylic acids is 1. The van der Waals surface area contributed by atoms with Gasteiger partial charge in [-0.15, -0.1) is 0 Å². The van der Waals surface area contributed by atoms with Crippen molar-refractivity contribution in [3.63, 3.8) is 0 Å². The van der Waals surface area contributed by atoms with Crippen molar-refractivity contribution in [2.75, 3.05) is 0 Å². The first-order chi connectivity index (χ1) is 8.68. The number of hydrogen-bond donors (Lipinski definition) is 1. The fourth-order valence-corrected chi connectivity index (χ4v) is 2.04. The van der Waals surface area contributed by atoms with Crippen LogP contribution in [0.15, 0.2) is 52.0 Å². The first kappa shape index (κ1) is 12.3. The Morgan fingerprint density at radius 1 is 1.22 bits per heavy atom. The van der Waals surface area contributed by atoms with E-state index >= 15 is 0 Å². The molecule has 0 bridgehead atoms. The summed E-state index contributed by atoms with van der Waals surface area (Å²) in [4.78, 5) is 23.2. The van der Waals surface area contributed by atoms with Gasteiger partial charge in [-0.1, -0.05) is 18.2 Å². The summed E-state index contributed by atoms with van der Waals surface area (Å²) in [6.45, 7) is 0. The number of carbonyl (C=O) groups is 1. The van der Waals surface area contributed by atoms with Gasteiger partial charge in [0.25, 0.3) is 0 Å². The highest BCUT2D eigenvalue weighted by atomic mass is 32.1. The quantitative estimate of drug-likeness (QED) is 0.680. The van der Waals surface area contributed by atoms with Crippen molar-refractivity contribution in [1.29, 1.82) is 0 Å². The minimum atomic E-state index is -0.563. The van der Waals surface area contributed by atoms with E-state index in [9.17, 15) is 14.7 Å². The van der Waals surface area contributed by atoms with Crippen molar-refractivity contribution >= 4 is 23.2 Å². The smallest absolute Gasteiger partial charge is 0.220 e. The average molecular weight is 258 g/mol. The lowest BCUT2D eigenvalue weighted by Crippen LogP contribution is -2.01. The summed E-state index contributed by atoms with van der Waals surface area (Å²) in [5, 5.41) is 13.4. The number of hydrogen-bond acceptors (Lipinski definition) is 4. The highest BCUT2D eigenvalue weighted by Crippen LogP contribution is 2.13. The third-order valence-corrected chi connectivity index (χ3v) is 3.05. The van der Waals surface area contributed by atoms with Gasteiger partial charge in [-0.2, -0.15) is 11.3 Å². The van der Waals surface area contributed by atoms with Crippen LogP contribution in [0.5, 0.6) is 5.75 Å². The minimum Gasteiger partial charge on any atom is -0.504 e. The molecule has 2 aromatic rings. The molecule has 0 saturated heterocycles. The molecule has 0 spiro atoms. The van der Waals surface area contributed by atoms with Crippen LogP contribution in [0.4, 0.5) is 0 Å². The SMILES string of the molecule is O=C(/C=C/c1ccsc1)c1ccccc(=O)c1O. The maximum atomic E-state index is 11.9. The van der Waals surface area contributed by atoms with Gasteiger partial charge in [0.05, 0.1) is 5.56 Å². The van der Waals surface area contributed by atoms with Gasteiger partial charge in [0.1, 0.15) is 0 Å². The molecule has 4 heteroatoms. The molecule has 0 unspecified atom stereocenters. The van der Waals surface area contributed by atoms with E-state index in [-0.39, 0.29) is 5.56 Å². The van der Waals surface area contributed by atoms with Crippen LogP contribution in [-0.4, -0.2) is 10.9 Å². The van der Waals surface area contributed by atoms with E-state index in [2.05, 4.69) is 0 Å². The first-order valence-electron chi connectivity index (χ1n) is 5.25. The van der Waals surface area contributed by atoms with Crippen LogP contribution < -0.4 is 5.43 Å². The third-order valence-electron chi connectivity index (χ3n) is 2.35. The van der Waals surface area contributed by atoms with Crippen LogP contribution in [0.2, 0.25) is 0 Å². The molecule has 0 saturated carbocycles. The second-order valence-corrected chi connectivity index (χ2v) is 4.38. The monoisotopic (exact) mass is 258 g/mol. The Bertz CT molecular complexity index is 642. The Labute approximate surface area is 108 Å². The first-order valence-corrected chi connectivity index (χ1v) is 6.19. The zero-order valence-corrected chi connectivity index (χ0v) is 10.2. The largest absolute Gasteiger partial charge is 0.504 e. The predicted octanol–water partition coefficient (Wildman–Crippen LogP) is 2.71. The Morgan fingerprint density at radius 2 is 2.00 bits per heavy atom. The van der Waals surface area contributed by atoms with Gasteiger partial charge < -0.3 is 5.11 Å². The fourth-order valence-electron chi connectivity index (χ4n) is 1.42. The molecule has 0 radical (unpaired) electrons. The molecule has 3 nitrogen and oxygen atoms in total. The lowest BCUT2D eigenvalue weighted by Gasteiger charge is -1.94. The van der Waals surface area contributed by atoms with E-state index in [1.165, 1.54) is 35.6 Å². The number of aromatic hydroxyl groups is 1. The zero-order chi connectivity index (χ0) is 13.0. The summed E-state index contributed by atoms with van der Waals surface area (Å²) < 4.78 is 0. The Balaban J connectivity index is 2.33. The average Bonchev–Trinajstić information content (AvgIpc) is 2.82. The maximum absolute atomic E-state index is 11.9. The molecule has 18 heavy (non-hydrogen) atoms. The van der Waals surface area contributed by atoms with Crippen LogP contribution >= 0.6 is 11.3 Å². The van der Waals surface area contributed by atoms with Crippen molar-refractivity contribution in [1.82, 2.24) is 0 Å². The number of allylic oxidation sites excluding steroid dienone is 1. The van der Waals surface area contributed by atoms with Crippen molar-refractivity contribution in [3.05, 3.63) is 68.5 Å². The van der Waals surface area contributed by atoms with Crippen molar-refractivity contribution in [2.45, 2.75) is 0 Å². The summed E-state index contributed by atoms with van der Waals surface area (Å²) >= 11 is 1.53. The molecule has 2 rings (SSSR count). The summed E-state index contributed by atoms with van der Waals surface area (Å²) in [7, 11) is 0. The normalized spacial score (nSPS) is 10.7. The van der Waals surface area contributed by atoms with Gasteiger partial charge in [0.2, 0.25) is 5.43 Å². The lowest BCUT2D eigenvalue weighted by molar-refractivity contribution is 0.104. The molecule has 0 amide bonds. The van der Waals surface area contributed by atoms with Crippen LogP contribution in [0, 0.1) is 0 Å². The topological polar surface area (TPSA) is 54.4 Å². The van der Waals surface area contributed by atoms with Crippen LogP contribution in [0.3, 0.4) is 0 Å². The molecule has 1 heterocycles. The highest BCUT2D eigenvalue weighted by molar-refractivity contribution is 7.08. The van der Waals surface area contributed by atoms with Gasteiger partial charge in [0.15, 0.2) is 11.5 Å². The molecular weight excluding hydrogens is 248 g/mol. The van der Waals surface area contributed by atoms with Crippen molar-refractivity contribution in [2.24, 2.45) is 0 Å². The molecule has 90 valence electrons. The minimum absolute atomic E-state index is 0.0106. The predicted molar refractivity (Wildman–Crippen MR) is 72.1 cm³/mol. The zero-order valence-electron chi connectivity index (χ0n) is 9.37. The van der Waals surface area contributed by atoms with E-state index in [0.717, 1.165) is 5.56 Å². The van der Waals surface area contributed by atoms with Crippen LogP contribution in [-0.2, 0) is 0 Å². The molecule has 1 aromatic heterocycles. The Kier molecular flexibility index (Phi) is 3.69. The molecule has 1 aromatic carbocycles. The lowest BCUT2D eigenvalue weighted by atomic mass is 10.1. The Morgan fingerprint density at radius 3 is 2.72 bits per heavy atom. The van der Waals surface area contributed by atoms with Gasteiger partial charge >= 0.3 is 0 Å². The van der Waals surface area contributed by atoms with Gasteiger partial charge in [-0.25, -0.2) is 0 Å². The molecular formula is C14H10O3S. The number of ketones is 1. The van der Waals surface area contributed by atoms with Crippen molar-refractivity contribution < 1.29 is 9.90 Å². The van der Waals surface area contributed by atoms with Crippen LogP contribution in [0.25, 0.3) is 6.08 Å². The fraction of sp³-hybridized carbons (Fsp3) is 0. The molecule has 0 aliphatic rings. The van der Waals surface area contributed by atoms with E-state index in [1.807, 2.05) is 16.8 Å². The summed E-state index contributed by atoms with van der Waals surface area (Å²) in [5.41, 5.74) is 0.360. The molecule has 1 N–H and O–H groups in total. The second-order valence-electron chi connectivity index (χ2n) is 3.60. The van der Waals surface area contributed by atoms with Crippen molar-refractivity contribution in [3.8, 4) is 5.75 Å². The molecule has 0 aliphatic carbocycles. The van der Waals surface area contributed by atoms with E-state index in [0.29, 0.717) is 0 Å². The van der Waals surface area contributed by atoms with Gasteiger partial charge in [-0.05, 0) is 40.6 Å². The number of thiophene rings is 1. The second kappa shape index (κ2) is 5.42. The van der Waals surface area contributed by atoms with E-state index in [4.69, 9.17) is 0 Å². The number of rotatable bonds is 3. The molecule has 0 atom stereocenters. The van der Waals surface area contributed by atoms with E-state index in [1.54, 1.807) is 12.1 Å². The summed E-state index contributed by atoms with van der Waals surface area (Å²) in [6, 6.07) is 7.55. The molecule has 0 fully saturated rings. The van der Waals surface area contributed by atoms with Gasteiger partial charge in [-0.3, -0.25) is 9.59 Å². The summed E-state index contributed by atoms with van der Waals surface area (Å²) in [6.07, 6.45) is 2.99. The Hall–Kier alpha value is -2.20. The van der Waals surface area contributed by atoms with Gasteiger partial charge in [0, 0.05) is 0 Å². The standard InChI is InChI=1S/C14H10O3S/c15-12(6-5-10-7-8-18-9-10)11-3-1-2-4-13(16)14(11)17/h1-9H,(H,16,17)/b6-5+. The van der Waals surface area contributed by atoms with Crippen LogP contribution in [0.1, 0.15) is 15.9 Å².